The third kappa shape index (κ3) is 4.72. The fourth-order valence-corrected chi connectivity index (χ4v) is 3.76. The summed E-state index contributed by atoms with van der Waals surface area (Å²) in [6.45, 7) is 1.52. The lowest BCUT2D eigenvalue weighted by Crippen LogP contribution is -2.30. The van der Waals surface area contributed by atoms with Crippen molar-refractivity contribution in [2.24, 2.45) is 0 Å². The Kier molecular flexibility index (Phi) is 6.08. The molecule has 0 aliphatic heterocycles. The van der Waals surface area contributed by atoms with Crippen LogP contribution in [0.1, 0.15) is 6.92 Å². The zero-order chi connectivity index (χ0) is 18.5. The van der Waals surface area contributed by atoms with Crippen LogP contribution >= 0.6 is 34.7 Å². The summed E-state index contributed by atoms with van der Waals surface area (Å²) in [6.07, 6.45) is 0.555. The van der Waals surface area contributed by atoms with E-state index in [9.17, 15) is 9.59 Å². The molecule has 2 heterocycles. The van der Waals surface area contributed by atoms with Gasteiger partial charge in [0.1, 0.15) is 16.2 Å². The number of ether oxygens (including phenoxy) is 1. The molecule has 0 saturated carbocycles. The number of carbonyl (C=O) groups is 2. The molecule has 1 aromatic carbocycles. The van der Waals surface area contributed by atoms with Crippen LogP contribution in [0.5, 0.6) is 0 Å². The summed E-state index contributed by atoms with van der Waals surface area (Å²) in [7, 11) is 0. The molecule has 26 heavy (non-hydrogen) atoms. The Hall–Kier alpha value is -2.16. The first-order chi connectivity index (χ1) is 12.5. The third-order valence-corrected chi connectivity index (χ3v) is 5.39. The lowest BCUT2D eigenvalue weighted by Gasteiger charge is -2.13. The first-order valence-corrected chi connectivity index (χ1v) is 9.84. The highest BCUT2D eigenvalue weighted by Crippen LogP contribution is 2.27. The van der Waals surface area contributed by atoms with Crippen molar-refractivity contribution in [3.8, 4) is 0 Å². The summed E-state index contributed by atoms with van der Waals surface area (Å²) in [5.41, 5.74) is 0.581. The number of amides is 1. The average molecular weight is 408 g/mol. The molecule has 1 N–H and O–H groups in total. The number of aromatic nitrogens is 2. The summed E-state index contributed by atoms with van der Waals surface area (Å²) >= 11 is 8.57. The minimum absolute atomic E-state index is 0.0561. The van der Waals surface area contributed by atoms with Crippen molar-refractivity contribution in [2.45, 2.75) is 18.1 Å². The van der Waals surface area contributed by atoms with E-state index >= 15 is 0 Å². The molecule has 0 unspecified atom stereocenters. The molecule has 0 radical (unpaired) electrons. The Morgan fingerprint density at radius 3 is 2.81 bits per heavy atom. The van der Waals surface area contributed by atoms with E-state index < -0.39 is 18.0 Å². The van der Waals surface area contributed by atoms with E-state index in [0.717, 1.165) is 10.2 Å². The van der Waals surface area contributed by atoms with Gasteiger partial charge in [0, 0.05) is 16.1 Å². The topological polar surface area (TPSA) is 81.2 Å². The molecule has 134 valence electrons. The van der Waals surface area contributed by atoms with Crippen LogP contribution in [0, 0.1) is 0 Å². The Morgan fingerprint density at radius 2 is 2.04 bits per heavy atom. The maximum Gasteiger partial charge on any atom is 0.317 e. The summed E-state index contributed by atoms with van der Waals surface area (Å²) in [5.74, 6) is -0.843. The second kappa shape index (κ2) is 8.48. The molecular formula is C17H14ClN3O3S2. The number of thiophene rings is 1. The van der Waals surface area contributed by atoms with E-state index in [1.807, 2.05) is 11.4 Å². The number of fused-ring (bicyclic) bond motifs is 1. The quantitative estimate of drug-likeness (QED) is 0.377. The van der Waals surface area contributed by atoms with Gasteiger partial charge >= 0.3 is 5.97 Å². The molecular weight excluding hydrogens is 394 g/mol. The van der Waals surface area contributed by atoms with Crippen molar-refractivity contribution in [3.05, 3.63) is 47.1 Å². The summed E-state index contributed by atoms with van der Waals surface area (Å²) in [6, 6.07) is 8.59. The predicted molar refractivity (Wildman–Crippen MR) is 104 cm³/mol. The molecule has 0 saturated heterocycles. The summed E-state index contributed by atoms with van der Waals surface area (Å²) in [5, 5.41) is 6.78. The molecule has 1 amide bonds. The van der Waals surface area contributed by atoms with Gasteiger partial charge < -0.3 is 10.1 Å². The highest BCUT2D eigenvalue weighted by molar-refractivity contribution is 8.00. The Bertz CT molecular complexity index is 930. The first-order valence-electron chi connectivity index (χ1n) is 7.60. The van der Waals surface area contributed by atoms with Crippen LogP contribution in [0.25, 0.3) is 10.2 Å². The molecule has 0 aliphatic carbocycles. The van der Waals surface area contributed by atoms with Crippen molar-refractivity contribution in [2.75, 3.05) is 11.1 Å². The van der Waals surface area contributed by atoms with Gasteiger partial charge in [0.05, 0.1) is 5.75 Å². The van der Waals surface area contributed by atoms with Crippen LogP contribution < -0.4 is 5.32 Å². The molecule has 0 bridgehead atoms. The second-order valence-corrected chi connectivity index (χ2v) is 7.53. The number of thioether (sulfide) groups is 1. The number of hydrogen-bond donors (Lipinski definition) is 1. The molecule has 9 heteroatoms. The van der Waals surface area contributed by atoms with Crippen molar-refractivity contribution in [1.29, 1.82) is 0 Å². The highest BCUT2D eigenvalue weighted by Gasteiger charge is 2.18. The zero-order valence-corrected chi connectivity index (χ0v) is 16.0. The number of anilines is 1. The van der Waals surface area contributed by atoms with E-state index in [1.165, 1.54) is 36.3 Å². The number of carbonyl (C=O) groups excluding carboxylic acids is 2. The Balaban J connectivity index is 1.51. The maximum absolute atomic E-state index is 12.1. The molecule has 0 spiro atoms. The summed E-state index contributed by atoms with van der Waals surface area (Å²) < 4.78 is 5.18. The van der Waals surface area contributed by atoms with Gasteiger partial charge in [-0.25, -0.2) is 9.97 Å². The van der Waals surface area contributed by atoms with Gasteiger partial charge in [-0.15, -0.1) is 11.3 Å². The van der Waals surface area contributed by atoms with E-state index in [2.05, 4.69) is 15.3 Å². The number of nitrogens with zero attached hydrogens (tertiary/aromatic N) is 2. The SMILES string of the molecule is C[C@H](OC(=O)CSc1ncnc2sccc12)C(=O)Nc1ccc(Cl)cc1. The molecule has 3 aromatic rings. The van der Waals surface area contributed by atoms with Crippen LogP contribution in [0.4, 0.5) is 5.69 Å². The fraction of sp³-hybridized carbons (Fsp3) is 0.176. The van der Waals surface area contributed by atoms with Gasteiger partial charge in [0.25, 0.3) is 5.91 Å². The maximum atomic E-state index is 12.1. The number of esters is 1. The van der Waals surface area contributed by atoms with Crippen molar-refractivity contribution < 1.29 is 14.3 Å². The van der Waals surface area contributed by atoms with Crippen molar-refractivity contribution >= 4 is 62.5 Å². The van der Waals surface area contributed by atoms with Crippen LogP contribution in [0.3, 0.4) is 0 Å². The van der Waals surface area contributed by atoms with Gasteiger partial charge in [0.15, 0.2) is 6.10 Å². The van der Waals surface area contributed by atoms with E-state index in [-0.39, 0.29) is 5.75 Å². The Morgan fingerprint density at radius 1 is 1.27 bits per heavy atom. The van der Waals surface area contributed by atoms with Gasteiger partial charge in [-0.3, -0.25) is 9.59 Å². The molecule has 2 aromatic heterocycles. The van der Waals surface area contributed by atoms with Gasteiger partial charge in [-0.2, -0.15) is 0 Å². The lowest BCUT2D eigenvalue weighted by molar-refractivity contribution is -0.150. The van der Waals surface area contributed by atoms with Crippen LogP contribution in [-0.2, 0) is 14.3 Å². The number of nitrogens with one attached hydrogen (secondary N) is 1. The number of benzene rings is 1. The highest BCUT2D eigenvalue weighted by atomic mass is 35.5. The minimum atomic E-state index is -0.912. The zero-order valence-electron chi connectivity index (χ0n) is 13.6. The normalized spacial score (nSPS) is 11.9. The summed E-state index contributed by atoms with van der Waals surface area (Å²) in [4.78, 5) is 33.3. The average Bonchev–Trinajstić information content (AvgIpc) is 3.11. The molecule has 0 aliphatic rings. The Labute approximate surface area is 162 Å². The minimum Gasteiger partial charge on any atom is -0.452 e. The largest absolute Gasteiger partial charge is 0.452 e. The first kappa shape index (κ1) is 18.6. The van der Waals surface area contributed by atoms with Crippen molar-refractivity contribution in [3.63, 3.8) is 0 Å². The second-order valence-electron chi connectivity index (χ2n) is 5.24. The molecule has 6 nitrogen and oxygen atoms in total. The van der Waals surface area contributed by atoms with Crippen LogP contribution in [-0.4, -0.2) is 33.7 Å². The number of halogens is 1. The number of rotatable bonds is 6. The van der Waals surface area contributed by atoms with E-state index in [0.29, 0.717) is 15.7 Å². The molecule has 0 fully saturated rings. The van der Waals surface area contributed by atoms with E-state index in [1.54, 1.807) is 24.3 Å². The number of hydrogen-bond acceptors (Lipinski definition) is 7. The smallest absolute Gasteiger partial charge is 0.317 e. The predicted octanol–water partition coefficient (Wildman–Crippen LogP) is 4.01. The lowest BCUT2D eigenvalue weighted by atomic mass is 10.3. The molecule has 3 rings (SSSR count). The van der Waals surface area contributed by atoms with Crippen molar-refractivity contribution in [1.82, 2.24) is 9.97 Å². The standard InChI is InChI=1S/C17H14ClN3O3S2/c1-10(15(23)21-12-4-2-11(18)3-5-12)24-14(22)8-26-17-13-6-7-25-16(13)19-9-20-17/h2-7,9-10H,8H2,1H3,(H,21,23)/t10-/m0/s1. The van der Waals surface area contributed by atoms with E-state index in [4.69, 9.17) is 16.3 Å². The van der Waals surface area contributed by atoms with Gasteiger partial charge in [-0.1, -0.05) is 23.4 Å². The fourth-order valence-electron chi connectivity index (χ4n) is 2.07. The van der Waals surface area contributed by atoms with Crippen LogP contribution in [0.15, 0.2) is 47.1 Å². The van der Waals surface area contributed by atoms with Gasteiger partial charge in [0.2, 0.25) is 0 Å². The van der Waals surface area contributed by atoms with Crippen LogP contribution in [0.2, 0.25) is 5.02 Å². The molecule has 1 atom stereocenters. The monoisotopic (exact) mass is 407 g/mol. The van der Waals surface area contributed by atoms with Gasteiger partial charge in [-0.05, 0) is 42.6 Å². The third-order valence-electron chi connectivity index (χ3n) is 3.34.